The van der Waals surface area contributed by atoms with Gasteiger partial charge in [0, 0.05) is 47.9 Å². The van der Waals surface area contributed by atoms with E-state index < -0.39 is 6.04 Å². The van der Waals surface area contributed by atoms with E-state index in [4.69, 9.17) is 14.6 Å². The molecule has 3 N–H and O–H groups in total. The van der Waals surface area contributed by atoms with Crippen molar-refractivity contribution < 1.29 is 14.3 Å². The minimum atomic E-state index is -0.442. The molecule has 0 aliphatic carbocycles. The van der Waals surface area contributed by atoms with Crippen LogP contribution >= 0.6 is 0 Å². The van der Waals surface area contributed by atoms with Crippen LogP contribution in [0.25, 0.3) is 10.9 Å². The molecule has 0 saturated carbocycles. The SMILES string of the molecule is COc1ccc(CN2C(C(Cc3c[nH]c4ccccc34)NC(=O)c3ccccn3)=NNC2CCc2ccccc2)c(OC)c1. The Labute approximate surface area is 256 Å². The summed E-state index contributed by atoms with van der Waals surface area (Å²) in [5, 5.41) is 9.25. The van der Waals surface area contributed by atoms with Gasteiger partial charge in [0.2, 0.25) is 0 Å². The fourth-order valence-electron chi connectivity index (χ4n) is 5.69. The highest BCUT2D eigenvalue weighted by Gasteiger charge is 2.35. The van der Waals surface area contributed by atoms with Crippen LogP contribution in [-0.4, -0.2) is 53.0 Å². The molecule has 9 heteroatoms. The van der Waals surface area contributed by atoms with Crippen molar-refractivity contribution in [2.45, 2.75) is 38.0 Å². The summed E-state index contributed by atoms with van der Waals surface area (Å²) in [6.45, 7) is 0.516. The highest BCUT2D eigenvalue weighted by Crippen LogP contribution is 2.29. The lowest BCUT2D eigenvalue weighted by atomic mass is 10.0. The third-order valence-corrected chi connectivity index (χ3v) is 8.00. The number of amides is 1. The molecule has 5 aromatic rings. The Hall–Kier alpha value is -5.31. The van der Waals surface area contributed by atoms with Gasteiger partial charge in [-0.15, -0.1) is 0 Å². The fraction of sp³-hybridized carbons (Fsp3) is 0.229. The average Bonchev–Trinajstić information content (AvgIpc) is 3.68. The molecule has 44 heavy (non-hydrogen) atoms. The predicted octanol–water partition coefficient (Wildman–Crippen LogP) is 5.30. The monoisotopic (exact) mass is 588 g/mol. The molecule has 0 spiro atoms. The number of nitrogens with zero attached hydrogens (tertiary/aromatic N) is 3. The van der Waals surface area contributed by atoms with Crippen LogP contribution in [0, 0.1) is 0 Å². The Balaban J connectivity index is 1.35. The van der Waals surface area contributed by atoms with E-state index in [0.29, 0.717) is 18.7 Å². The van der Waals surface area contributed by atoms with Gasteiger partial charge in [-0.3, -0.25) is 15.2 Å². The van der Waals surface area contributed by atoms with E-state index in [2.05, 4.69) is 62.0 Å². The molecule has 1 aliphatic rings. The molecule has 6 rings (SSSR count). The number of H-pyrrole nitrogens is 1. The molecule has 3 aromatic carbocycles. The van der Waals surface area contributed by atoms with Crippen molar-refractivity contribution in [1.29, 1.82) is 0 Å². The number of benzene rings is 3. The summed E-state index contributed by atoms with van der Waals surface area (Å²) in [7, 11) is 3.30. The summed E-state index contributed by atoms with van der Waals surface area (Å²) in [6, 6.07) is 29.3. The number of carbonyl (C=O) groups excluding carboxylic acids is 1. The summed E-state index contributed by atoms with van der Waals surface area (Å²) in [4.78, 5) is 23.4. The molecule has 0 fully saturated rings. The second-order valence-corrected chi connectivity index (χ2v) is 10.7. The van der Waals surface area contributed by atoms with E-state index in [1.54, 1.807) is 32.5 Å². The van der Waals surface area contributed by atoms with E-state index in [9.17, 15) is 4.79 Å². The topological polar surface area (TPSA) is 104 Å². The van der Waals surface area contributed by atoms with E-state index in [0.717, 1.165) is 52.2 Å². The van der Waals surface area contributed by atoms with E-state index in [1.807, 2.05) is 48.7 Å². The first-order valence-electron chi connectivity index (χ1n) is 14.7. The summed E-state index contributed by atoms with van der Waals surface area (Å²) < 4.78 is 11.2. The minimum absolute atomic E-state index is 0.103. The van der Waals surface area contributed by atoms with Crippen molar-refractivity contribution in [2.24, 2.45) is 5.10 Å². The van der Waals surface area contributed by atoms with Gasteiger partial charge < -0.3 is 24.7 Å². The fourth-order valence-corrected chi connectivity index (χ4v) is 5.69. The van der Waals surface area contributed by atoms with Crippen LogP contribution in [0.5, 0.6) is 11.5 Å². The molecule has 224 valence electrons. The van der Waals surface area contributed by atoms with Gasteiger partial charge in [-0.05, 0) is 54.3 Å². The Morgan fingerprint density at radius 2 is 1.77 bits per heavy atom. The third kappa shape index (κ3) is 6.36. The van der Waals surface area contributed by atoms with Gasteiger partial charge in [0.25, 0.3) is 5.91 Å². The number of fused-ring (bicyclic) bond motifs is 1. The molecule has 3 heterocycles. The first-order chi connectivity index (χ1) is 21.6. The summed E-state index contributed by atoms with van der Waals surface area (Å²) in [5.74, 6) is 1.94. The smallest absolute Gasteiger partial charge is 0.270 e. The molecule has 0 saturated heterocycles. The Morgan fingerprint density at radius 3 is 2.57 bits per heavy atom. The van der Waals surface area contributed by atoms with Gasteiger partial charge in [0.05, 0.1) is 20.3 Å². The van der Waals surface area contributed by atoms with Crippen LogP contribution in [-0.2, 0) is 19.4 Å². The normalized spacial score (nSPS) is 15.0. The van der Waals surface area contributed by atoms with Gasteiger partial charge >= 0.3 is 0 Å². The van der Waals surface area contributed by atoms with E-state index >= 15 is 0 Å². The number of amidine groups is 1. The molecular weight excluding hydrogens is 552 g/mol. The summed E-state index contributed by atoms with van der Waals surface area (Å²) in [6.07, 6.45) is 5.74. The van der Waals surface area contributed by atoms with Crippen LogP contribution in [0.15, 0.2) is 108 Å². The number of aromatic nitrogens is 2. The highest BCUT2D eigenvalue weighted by molar-refractivity contribution is 5.98. The number of ether oxygens (including phenoxy) is 2. The number of carbonyl (C=O) groups is 1. The molecular formula is C35H36N6O3. The van der Waals surface area contributed by atoms with Crippen molar-refractivity contribution in [1.82, 2.24) is 25.6 Å². The molecule has 2 aromatic heterocycles. The second-order valence-electron chi connectivity index (χ2n) is 10.7. The number of para-hydroxylation sites is 1. The summed E-state index contributed by atoms with van der Waals surface area (Å²) >= 11 is 0. The maximum Gasteiger partial charge on any atom is 0.270 e. The average molecular weight is 589 g/mol. The maximum atomic E-state index is 13.5. The van der Waals surface area contributed by atoms with Crippen LogP contribution in [0.3, 0.4) is 0 Å². The Morgan fingerprint density at radius 1 is 0.955 bits per heavy atom. The number of nitrogens with one attached hydrogen (secondary N) is 3. The lowest BCUT2D eigenvalue weighted by Crippen LogP contribution is -2.51. The molecule has 2 atom stereocenters. The van der Waals surface area contributed by atoms with Gasteiger partial charge in [0.15, 0.2) is 0 Å². The molecule has 2 unspecified atom stereocenters. The van der Waals surface area contributed by atoms with Crippen LogP contribution in [0.4, 0.5) is 0 Å². The largest absolute Gasteiger partial charge is 0.497 e. The first-order valence-corrected chi connectivity index (χ1v) is 14.7. The van der Waals surface area contributed by atoms with E-state index in [-0.39, 0.29) is 12.1 Å². The number of hydrogen-bond acceptors (Lipinski definition) is 7. The maximum absolute atomic E-state index is 13.5. The number of methoxy groups -OCH3 is 2. The van der Waals surface area contributed by atoms with Gasteiger partial charge in [-0.1, -0.05) is 54.6 Å². The molecule has 0 radical (unpaired) electrons. The quantitative estimate of drug-likeness (QED) is 0.183. The number of hydrogen-bond donors (Lipinski definition) is 3. The number of rotatable bonds is 12. The van der Waals surface area contributed by atoms with Gasteiger partial charge in [-0.2, -0.15) is 5.10 Å². The van der Waals surface area contributed by atoms with Crippen LogP contribution in [0.1, 0.15) is 33.6 Å². The Bertz CT molecular complexity index is 1740. The van der Waals surface area contributed by atoms with Crippen LogP contribution in [0.2, 0.25) is 0 Å². The predicted molar refractivity (Wildman–Crippen MR) is 172 cm³/mol. The number of aryl methyl sites for hydroxylation is 1. The van der Waals surface area contributed by atoms with Crippen molar-refractivity contribution in [2.75, 3.05) is 14.2 Å². The van der Waals surface area contributed by atoms with Crippen molar-refractivity contribution >= 4 is 22.6 Å². The zero-order valence-corrected chi connectivity index (χ0v) is 24.9. The zero-order chi connectivity index (χ0) is 30.3. The Kier molecular flexibility index (Phi) is 8.72. The molecule has 0 bridgehead atoms. The molecule has 1 amide bonds. The van der Waals surface area contributed by atoms with Gasteiger partial charge in [-0.25, -0.2) is 0 Å². The van der Waals surface area contributed by atoms with Crippen molar-refractivity contribution in [3.63, 3.8) is 0 Å². The van der Waals surface area contributed by atoms with Gasteiger partial charge in [0.1, 0.15) is 29.2 Å². The molecule has 9 nitrogen and oxygen atoms in total. The highest BCUT2D eigenvalue weighted by atomic mass is 16.5. The first kappa shape index (κ1) is 28.8. The zero-order valence-electron chi connectivity index (χ0n) is 24.9. The third-order valence-electron chi connectivity index (χ3n) is 8.00. The lowest BCUT2D eigenvalue weighted by molar-refractivity contribution is 0.0939. The molecule has 1 aliphatic heterocycles. The number of hydrazone groups is 1. The van der Waals surface area contributed by atoms with Crippen molar-refractivity contribution in [3.05, 3.63) is 126 Å². The van der Waals surface area contributed by atoms with Crippen LogP contribution < -0.4 is 20.2 Å². The summed E-state index contributed by atoms with van der Waals surface area (Å²) in [5.41, 5.74) is 8.11. The number of pyridine rings is 1. The lowest BCUT2D eigenvalue weighted by Gasteiger charge is -2.31. The number of aromatic amines is 1. The van der Waals surface area contributed by atoms with E-state index in [1.165, 1.54) is 5.56 Å². The standard InChI is InChI=1S/C35H36N6O3/c1-43-27-17-16-25(32(21-27)44-2)23-41-33(18-15-24-10-4-3-5-11-24)39-40-34(41)31(38-35(42)30-14-8-9-19-36-30)20-26-22-37-29-13-7-6-12-28(26)29/h3-14,16-17,19,21-22,31,33,37,39H,15,18,20,23H2,1-2H3,(H,38,42). The minimum Gasteiger partial charge on any atom is -0.497 e. The van der Waals surface area contributed by atoms with Crippen molar-refractivity contribution in [3.8, 4) is 11.5 Å². The second kappa shape index (κ2) is 13.3.